The van der Waals surface area contributed by atoms with Crippen molar-refractivity contribution in [2.45, 2.75) is 19.4 Å². The van der Waals surface area contributed by atoms with Gasteiger partial charge in [-0.3, -0.25) is 10.2 Å². The number of pyridine rings is 1. The molecule has 9 heteroatoms. The van der Waals surface area contributed by atoms with Gasteiger partial charge in [0.05, 0.1) is 12.7 Å². The molecule has 0 aliphatic carbocycles. The molecule has 1 saturated heterocycles. The van der Waals surface area contributed by atoms with E-state index >= 15 is 0 Å². The van der Waals surface area contributed by atoms with E-state index in [1.165, 1.54) is 6.07 Å². The SMILES string of the molecule is COc1cc2c(NCc3cc(C(=N)N)ccc3O)nccc2cc1C(=O)N1CCCC1.Cl. The van der Waals surface area contributed by atoms with Crippen LogP contribution in [0.5, 0.6) is 11.5 Å². The van der Waals surface area contributed by atoms with Crippen molar-refractivity contribution in [1.29, 1.82) is 5.41 Å². The molecule has 1 aromatic heterocycles. The molecule has 1 aliphatic rings. The summed E-state index contributed by atoms with van der Waals surface area (Å²) in [7, 11) is 1.55. The number of aromatic nitrogens is 1. The number of nitrogens with zero attached hydrogens (tertiary/aromatic N) is 2. The van der Waals surface area contributed by atoms with Gasteiger partial charge >= 0.3 is 0 Å². The first kappa shape index (κ1) is 23.1. The Kier molecular flexibility index (Phi) is 7.05. The lowest BCUT2D eigenvalue weighted by molar-refractivity contribution is 0.0789. The molecular formula is C23H26ClN5O3. The van der Waals surface area contributed by atoms with Crippen molar-refractivity contribution in [3.63, 3.8) is 0 Å². The minimum atomic E-state index is -0.0653. The number of halogens is 1. The number of benzene rings is 2. The quantitative estimate of drug-likeness (QED) is 0.333. The lowest BCUT2D eigenvalue weighted by atomic mass is 10.1. The van der Waals surface area contributed by atoms with Crippen LogP contribution in [0.1, 0.15) is 34.3 Å². The predicted molar refractivity (Wildman–Crippen MR) is 127 cm³/mol. The van der Waals surface area contributed by atoms with Crippen LogP contribution in [-0.4, -0.2) is 46.9 Å². The van der Waals surface area contributed by atoms with E-state index in [2.05, 4.69) is 10.3 Å². The van der Waals surface area contributed by atoms with Crippen molar-refractivity contribution in [3.8, 4) is 11.5 Å². The van der Waals surface area contributed by atoms with Crippen LogP contribution >= 0.6 is 12.4 Å². The van der Waals surface area contributed by atoms with Gasteiger partial charge in [0, 0.05) is 42.3 Å². The predicted octanol–water partition coefficient (Wildman–Crippen LogP) is 3.50. The normalized spacial score (nSPS) is 13.0. The van der Waals surface area contributed by atoms with Gasteiger partial charge in [-0.2, -0.15) is 0 Å². The van der Waals surface area contributed by atoms with E-state index in [0.29, 0.717) is 28.3 Å². The summed E-state index contributed by atoms with van der Waals surface area (Å²) < 4.78 is 5.53. The largest absolute Gasteiger partial charge is 0.508 e. The average Bonchev–Trinajstić information content (AvgIpc) is 3.32. The maximum absolute atomic E-state index is 12.9. The van der Waals surface area contributed by atoms with E-state index < -0.39 is 0 Å². The third kappa shape index (κ3) is 4.55. The molecule has 0 radical (unpaired) electrons. The lowest BCUT2D eigenvalue weighted by Gasteiger charge is -2.18. The second kappa shape index (κ2) is 9.74. The number of anilines is 1. The lowest BCUT2D eigenvalue weighted by Crippen LogP contribution is -2.28. The standard InChI is InChI=1S/C23H25N5O3.ClH/c1-31-20-12-17-14(11-18(20)23(30)28-8-2-3-9-28)6-7-26-22(17)27-13-16-10-15(21(24)25)4-5-19(16)29;/h4-7,10-12,29H,2-3,8-9,13H2,1H3,(H3,24,25)(H,26,27);1H. The third-order valence-corrected chi connectivity index (χ3v) is 5.54. The molecule has 1 aliphatic heterocycles. The van der Waals surface area contributed by atoms with Crippen LogP contribution in [0.25, 0.3) is 10.8 Å². The molecule has 0 unspecified atom stereocenters. The summed E-state index contributed by atoms with van der Waals surface area (Å²) >= 11 is 0. The first-order valence-corrected chi connectivity index (χ1v) is 10.1. The van der Waals surface area contributed by atoms with Gasteiger partial charge < -0.3 is 25.8 Å². The molecule has 8 nitrogen and oxygen atoms in total. The fourth-order valence-corrected chi connectivity index (χ4v) is 3.84. The van der Waals surface area contributed by atoms with Crippen LogP contribution < -0.4 is 15.8 Å². The van der Waals surface area contributed by atoms with Gasteiger partial charge in [-0.1, -0.05) is 0 Å². The minimum Gasteiger partial charge on any atom is -0.508 e. The highest BCUT2D eigenvalue weighted by Crippen LogP contribution is 2.31. The fraction of sp³-hybridized carbons (Fsp3) is 0.261. The molecule has 3 aromatic rings. The van der Waals surface area contributed by atoms with Crippen molar-refractivity contribution in [2.75, 3.05) is 25.5 Å². The summed E-state index contributed by atoms with van der Waals surface area (Å²) in [4.78, 5) is 19.2. The van der Waals surface area contributed by atoms with Crippen molar-refractivity contribution < 1.29 is 14.6 Å². The Morgan fingerprint density at radius 1 is 1.25 bits per heavy atom. The van der Waals surface area contributed by atoms with Crippen molar-refractivity contribution in [1.82, 2.24) is 9.88 Å². The van der Waals surface area contributed by atoms with E-state index in [1.807, 2.05) is 23.1 Å². The van der Waals surface area contributed by atoms with E-state index in [9.17, 15) is 9.90 Å². The van der Waals surface area contributed by atoms with Crippen molar-refractivity contribution >= 4 is 40.7 Å². The Hall–Kier alpha value is -3.52. The number of phenols is 1. The average molecular weight is 456 g/mol. The molecule has 0 spiro atoms. The summed E-state index contributed by atoms with van der Waals surface area (Å²) in [6, 6.07) is 10.3. The van der Waals surface area contributed by atoms with E-state index in [0.717, 1.165) is 36.7 Å². The van der Waals surface area contributed by atoms with Gasteiger partial charge in [0.1, 0.15) is 23.2 Å². The highest BCUT2D eigenvalue weighted by molar-refractivity contribution is 6.04. The third-order valence-electron chi connectivity index (χ3n) is 5.54. The zero-order valence-electron chi connectivity index (χ0n) is 17.7. The summed E-state index contributed by atoms with van der Waals surface area (Å²) in [6.45, 7) is 1.83. The van der Waals surface area contributed by atoms with Crippen LogP contribution in [0, 0.1) is 5.41 Å². The van der Waals surface area contributed by atoms with Gasteiger partial charge in [-0.05, 0) is 54.6 Å². The van der Waals surface area contributed by atoms with Crippen LogP contribution in [0.4, 0.5) is 5.82 Å². The molecule has 1 amide bonds. The number of amides is 1. The number of nitrogens with one attached hydrogen (secondary N) is 2. The molecular weight excluding hydrogens is 430 g/mol. The van der Waals surface area contributed by atoms with Crippen LogP contribution in [0.2, 0.25) is 0 Å². The number of ether oxygens (including phenoxy) is 1. The first-order valence-electron chi connectivity index (χ1n) is 10.1. The van der Waals surface area contributed by atoms with Crippen LogP contribution in [0.15, 0.2) is 42.6 Å². The Balaban J connectivity index is 0.00000289. The molecule has 5 N–H and O–H groups in total. The number of rotatable bonds is 6. The zero-order chi connectivity index (χ0) is 22.0. The second-order valence-electron chi connectivity index (χ2n) is 7.54. The Morgan fingerprint density at radius 3 is 2.69 bits per heavy atom. The zero-order valence-corrected chi connectivity index (χ0v) is 18.5. The number of fused-ring (bicyclic) bond motifs is 1. The molecule has 168 valence electrons. The van der Waals surface area contributed by atoms with E-state index in [1.54, 1.807) is 25.4 Å². The highest BCUT2D eigenvalue weighted by atomic mass is 35.5. The number of phenolic OH excluding ortho intramolecular Hbond substituents is 1. The molecule has 4 rings (SSSR count). The number of hydrogen-bond acceptors (Lipinski definition) is 6. The first-order chi connectivity index (χ1) is 15.0. The van der Waals surface area contributed by atoms with Crippen molar-refractivity contribution in [2.24, 2.45) is 5.73 Å². The number of methoxy groups -OCH3 is 1. The Morgan fingerprint density at radius 2 is 2.00 bits per heavy atom. The van der Waals surface area contributed by atoms with E-state index in [4.69, 9.17) is 15.9 Å². The highest BCUT2D eigenvalue weighted by Gasteiger charge is 2.23. The number of nitrogen functional groups attached to an aromatic ring is 1. The monoisotopic (exact) mass is 455 g/mol. The smallest absolute Gasteiger partial charge is 0.257 e. The Bertz CT molecular complexity index is 1160. The van der Waals surface area contributed by atoms with Gasteiger partial charge in [0.15, 0.2) is 0 Å². The van der Waals surface area contributed by atoms with Gasteiger partial charge in [0.25, 0.3) is 5.91 Å². The number of hydrogen-bond donors (Lipinski definition) is 4. The van der Waals surface area contributed by atoms with Gasteiger partial charge in [-0.25, -0.2) is 4.98 Å². The molecule has 2 aromatic carbocycles. The maximum atomic E-state index is 12.9. The van der Waals surface area contributed by atoms with E-state index in [-0.39, 0.29) is 36.4 Å². The molecule has 0 saturated carbocycles. The number of amidine groups is 1. The van der Waals surface area contributed by atoms with Gasteiger partial charge in [0.2, 0.25) is 0 Å². The number of carbonyl (C=O) groups excluding carboxylic acids is 1. The fourth-order valence-electron chi connectivity index (χ4n) is 3.84. The number of likely N-dealkylation sites (tertiary alicyclic amines) is 1. The van der Waals surface area contributed by atoms with Crippen molar-refractivity contribution in [3.05, 3.63) is 59.3 Å². The maximum Gasteiger partial charge on any atom is 0.257 e. The minimum absolute atomic E-state index is 0. The summed E-state index contributed by atoms with van der Waals surface area (Å²) in [5.74, 6) is 1.12. The topological polar surface area (TPSA) is 125 Å². The summed E-state index contributed by atoms with van der Waals surface area (Å²) in [6.07, 6.45) is 3.72. The molecule has 1 fully saturated rings. The number of carbonyl (C=O) groups is 1. The molecule has 32 heavy (non-hydrogen) atoms. The number of nitrogens with two attached hydrogens (primary N) is 1. The molecule has 2 heterocycles. The number of aromatic hydroxyl groups is 1. The Labute approximate surface area is 192 Å². The van der Waals surface area contributed by atoms with Crippen LogP contribution in [-0.2, 0) is 6.54 Å². The van der Waals surface area contributed by atoms with Gasteiger partial charge in [-0.15, -0.1) is 12.4 Å². The molecule has 0 bridgehead atoms. The second-order valence-corrected chi connectivity index (χ2v) is 7.54. The summed E-state index contributed by atoms with van der Waals surface area (Å²) in [5, 5.41) is 22.6. The van der Waals surface area contributed by atoms with Crippen LogP contribution in [0.3, 0.4) is 0 Å². The summed E-state index contributed by atoms with van der Waals surface area (Å²) in [5.41, 5.74) is 7.23. The molecule has 0 atom stereocenters.